The first kappa shape index (κ1) is 10.2. The number of nitrogen functional groups attached to an aromatic ring is 2. The number of aromatic nitrogens is 2. The van der Waals surface area contributed by atoms with Gasteiger partial charge < -0.3 is 16.2 Å². The van der Waals surface area contributed by atoms with Crippen LogP contribution in [0.5, 0.6) is 11.5 Å². The predicted octanol–water partition coefficient (Wildman–Crippen LogP) is 1.74. The highest BCUT2D eigenvalue weighted by Gasteiger charge is 2.04. The Morgan fingerprint density at radius 2 is 2.06 bits per heavy atom. The van der Waals surface area contributed by atoms with Gasteiger partial charge in [-0.05, 0) is 19.1 Å². The van der Waals surface area contributed by atoms with Crippen LogP contribution in [0.25, 0.3) is 0 Å². The second-order valence-corrected chi connectivity index (χ2v) is 3.35. The Balaban J connectivity index is 2.27. The van der Waals surface area contributed by atoms with Crippen LogP contribution in [0.2, 0.25) is 0 Å². The van der Waals surface area contributed by atoms with Crippen LogP contribution in [-0.2, 0) is 0 Å². The number of aryl methyl sites for hydroxylation is 1. The number of anilines is 2. The van der Waals surface area contributed by atoms with E-state index < -0.39 is 0 Å². The first-order chi connectivity index (χ1) is 7.65. The highest BCUT2D eigenvalue weighted by molar-refractivity contribution is 5.45. The van der Waals surface area contributed by atoms with E-state index in [2.05, 4.69) is 9.97 Å². The zero-order valence-electron chi connectivity index (χ0n) is 8.84. The molecule has 82 valence electrons. The van der Waals surface area contributed by atoms with Crippen LogP contribution in [-0.4, -0.2) is 9.97 Å². The number of nitrogens with two attached hydrogens (primary N) is 2. The topological polar surface area (TPSA) is 87.0 Å². The minimum Gasteiger partial charge on any atom is -0.454 e. The second kappa shape index (κ2) is 4.06. The van der Waals surface area contributed by atoms with Gasteiger partial charge in [-0.1, -0.05) is 6.07 Å². The van der Waals surface area contributed by atoms with Crippen molar-refractivity contribution in [1.82, 2.24) is 9.97 Å². The zero-order valence-corrected chi connectivity index (χ0v) is 8.84. The van der Waals surface area contributed by atoms with E-state index in [0.29, 0.717) is 22.9 Å². The summed E-state index contributed by atoms with van der Waals surface area (Å²) < 4.78 is 5.58. The van der Waals surface area contributed by atoms with Gasteiger partial charge in [-0.3, -0.25) is 0 Å². The van der Waals surface area contributed by atoms with Crippen LogP contribution in [0.4, 0.5) is 11.6 Å². The quantitative estimate of drug-likeness (QED) is 0.746. The molecule has 2 aromatic rings. The summed E-state index contributed by atoms with van der Waals surface area (Å²) >= 11 is 0. The summed E-state index contributed by atoms with van der Waals surface area (Å²) in [4.78, 5) is 7.87. The molecular formula is C11H12N4O. The normalized spacial score (nSPS) is 10.1. The van der Waals surface area contributed by atoms with Gasteiger partial charge in [0.2, 0.25) is 5.95 Å². The minimum absolute atomic E-state index is 0.234. The lowest BCUT2D eigenvalue weighted by molar-refractivity contribution is 0.473. The van der Waals surface area contributed by atoms with Crippen LogP contribution in [0.3, 0.4) is 0 Å². The molecule has 1 aromatic carbocycles. The molecule has 16 heavy (non-hydrogen) atoms. The fraction of sp³-hybridized carbons (Fsp3) is 0.0909. The summed E-state index contributed by atoms with van der Waals surface area (Å²) in [7, 11) is 0. The third kappa shape index (κ3) is 2.20. The highest BCUT2D eigenvalue weighted by atomic mass is 16.5. The maximum atomic E-state index is 5.64. The Kier molecular flexibility index (Phi) is 2.59. The van der Waals surface area contributed by atoms with E-state index in [4.69, 9.17) is 16.2 Å². The largest absolute Gasteiger partial charge is 0.454 e. The van der Waals surface area contributed by atoms with Crippen molar-refractivity contribution in [2.45, 2.75) is 6.92 Å². The molecule has 2 rings (SSSR count). The van der Waals surface area contributed by atoms with E-state index in [1.807, 2.05) is 12.1 Å². The van der Waals surface area contributed by atoms with Crippen molar-refractivity contribution < 1.29 is 4.74 Å². The number of ether oxygens (including phenoxy) is 1. The van der Waals surface area contributed by atoms with Crippen molar-refractivity contribution in [1.29, 1.82) is 0 Å². The molecule has 0 spiro atoms. The lowest BCUT2D eigenvalue weighted by Crippen LogP contribution is -1.98. The van der Waals surface area contributed by atoms with E-state index in [0.717, 1.165) is 0 Å². The lowest BCUT2D eigenvalue weighted by atomic mass is 10.3. The lowest BCUT2D eigenvalue weighted by Gasteiger charge is -2.08. The Labute approximate surface area is 93.1 Å². The molecule has 1 aromatic heterocycles. The van der Waals surface area contributed by atoms with Crippen molar-refractivity contribution in [2.75, 3.05) is 11.5 Å². The Hall–Kier alpha value is -2.30. The van der Waals surface area contributed by atoms with E-state index in [1.165, 1.54) is 0 Å². The SMILES string of the molecule is Cc1nc(N)ncc1Oc1cccc(N)c1. The van der Waals surface area contributed by atoms with Gasteiger partial charge in [-0.25, -0.2) is 9.97 Å². The Morgan fingerprint density at radius 1 is 1.25 bits per heavy atom. The molecule has 0 amide bonds. The van der Waals surface area contributed by atoms with Crippen LogP contribution in [0, 0.1) is 6.92 Å². The molecule has 1 heterocycles. The number of hydrogen-bond acceptors (Lipinski definition) is 5. The zero-order chi connectivity index (χ0) is 11.5. The number of benzene rings is 1. The maximum Gasteiger partial charge on any atom is 0.220 e. The summed E-state index contributed by atoms with van der Waals surface area (Å²) in [5.74, 6) is 1.45. The van der Waals surface area contributed by atoms with Crippen molar-refractivity contribution in [3.05, 3.63) is 36.2 Å². The molecule has 0 fully saturated rings. The summed E-state index contributed by atoms with van der Waals surface area (Å²) in [6, 6.07) is 7.15. The third-order valence-electron chi connectivity index (χ3n) is 2.04. The second-order valence-electron chi connectivity index (χ2n) is 3.35. The van der Waals surface area contributed by atoms with E-state index in [9.17, 15) is 0 Å². The van der Waals surface area contributed by atoms with Crippen molar-refractivity contribution in [3.8, 4) is 11.5 Å². The van der Waals surface area contributed by atoms with Crippen LogP contribution in [0.15, 0.2) is 30.5 Å². The third-order valence-corrected chi connectivity index (χ3v) is 2.04. The van der Waals surface area contributed by atoms with E-state index >= 15 is 0 Å². The van der Waals surface area contributed by atoms with Gasteiger partial charge in [-0.15, -0.1) is 0 Å². The molecule has 0 radical (unpaired) electrons. The molecule has 0 aliphatic carbocycles. The molecule has 5 heteroatoms. The smallest absolute Gasteiger partial charge is 0.220 e. The molecule has 0 atom stereocenters. The number of rotatable bonds is 2. The van der Waals surface area contributed by atoms with Gasteiger partial charge >= 0.3 is 0 Å². The van der Waals surface area contributed by atoms with E-state index in [1.54, 1.807) is 25.3 Å². The van der Waals surface area contributed by atoms with Crippen LogP contribution >= 0.6 is 0 Å². The van der Waals surface area contributed by atoms with Crippen molar-refractivity contribution in [3.63, 3.8) is 0 Å². The Morgan fingerprint density at radius 3 is 2.75 bits per heavy atom. The summed E-state index contributed by atoms with van der Waals surface area (Å²) in [5, 5.41) is 0. The first-order valence-electron chi connectivity index (χ1n) is 4.77. The van der Waals surface area contributed by atoms with Gasteiger partial charge in [0.1, 0.15) is 5.75 Å². The predicted molar refractivity (Wildman–Crippen MR) is 62.1 cm³/mol. The summed E-state index contributed by atoms with van der Waals surface area (Å²) in [6.45, 7) is 1.81. The molecule has 0 bridgehead atoms. The highest BCUT2D eigenvalue weighted by Crippen LogP contribution is 2.24. The van der Waals surface area contributed by atoms with Gasteiger partial charge in [0.15, 0.2) is 5.75 Å². The van der Waals surface area contributed by atoms with Gasteiger partial charge in [0.25, 0.3) is 0 Å². The number of hydrogen-bond donors (Lipinski definition) is 2. The first-order valence-corrected chi connectivity index (χ1v) is 4.77. The molecule has 4 N–H and O–H groups in total. The molecule has 0 saturated heterocycles. The Bertz CT molecular complexity index is 513. The van der Waals surface area contributed by atoms with Gasteiger partial charge in [-0.2, -0.15) is 0 Å². The van der Waals surface area contributed by atoms with Gasteiger partial charge in [0, 0.05) is 11.8 Å². The minimum atomic E-state index is 0.234. The molecular weight excluding hydrogens is 204 g/mol. The standard InChI is InChI=1S/C11H12N4O/c1-7-10(6-14-11(13)15-7)16-9-4-2-3-8(12)5-9/h2-6H,12H2,1H3,(H2,13,14,15). The fourth-order valence-electron chi connectivity index (χ4n) is 1.28. The van der Waals surface area contributed by atoms with Crippen molar-refractivity contribution in [2.24, 2.45) is 0 Å². The van der Waals surface area contributed by atoms with Crippen molar-refractivity contribution >= 4 is 11.6 Å². The van der Waals surface area contributed by atoms with E-state index in [-0.39, 0.29) is 5.95 Å². The molecule has 0 aliphatic heterocycles. The fourth-order valence-corrected chi connectivity index (χ4v) is 1.28. The summed E-state index contributed by atoms with van der Waals surface area (Å²) in [5.41, 5.74) is 12.4. The summed E-state index contributed by atoms with van der Waals surface area (Å²) in [6.07, 6.45) is 1.54. The molecule has 0 saturated carbocycles. The maximum absolute atomic E-state index is 5.64. The monoisotopic (exact) mass is 216 g/mol. The van der Waals surface area contributed by atoms with Crippen LogP contribution in [0.1, 0.15) is 5.69 Å². The van der Waals surface area contributed by atoms with Gasteiger partial charge in [0.05, 0.1) is 11.9 Å². The molecule has 0 unspecified atom stereocenters. The average molecular weight is 216 g/mol. The van der Waals surface area contributed by atoms with Crippen LogP contribution < -0.4 is 16.2 Å². The average Bonchev–Trinajstić information content (AvgIpc) is 2.22. The molecule has 0 aliphatic rings. The number of nitrogens with zero attached hydrogens (tertiary/aromatic N) is 2. The molecule has 5 nitrogen and oxygen atoms in total.